The highest BCUT2D eigenvalue weighted by Crippen LogP contribution is 2.38. The third kappa shape index (κ3) is 38.0. The smallest absolute Gasteiger partial charge is 0.306 e. The maximum atomic E-state index is 12.6. The Balaban J connectivity index is 4.44. The fourth-order valence-corrected chi connectivity index (χ4v) is 6.19. The molecule has 51 heavy (non-hydrogen) atoms. The number of nitrogens with zero attached hydrogens (tertiary/aromatic N) is 1. The Morgan fingerprint density at radius 2 is 1.08 bits per heavy atom. The number of ether oxygens (including phenoxy) is 2. The number of hydrogen-bond donors (Lipinski definition) is 0. The maximum absolute atomic E-state index is 12.6. The molecule has 0 amide bonds. The van der Waals surface area contributed by atoms with Gasteiger partial charge in [0.2, 0.25) is 0 Å². The van der Waals surface area contributed by atoms with Gasteiger partial charge in [0.25, 0.3) is 7.82 Å². The lowest BCUT2D eigenvalue weighted by atomic mass is 10.1. The summed E-state index contributed by atoms with van der Waals surface area (Å²) in [6.45, 7) is 4.16. The summed E-state index contributed by atoms with van der Waals surface area (Å²) in [4.78, 5) is 37.3. The lowest BCUT2D eigenvalue weighted by molar-refractivity contribution is -0.870. The quantitative estimate of drug-likeness (QED) is 0.0203. The number of unbranched alkanes of at least 4 members (excludes halogenated alkanes) is 19. The summed E-state index contributed by atoms with van der Waals surface area (Å²) < 4.78 is 33.7. The second-order valence-corrected chi connectivity index (χ2v) is 16.4. The van der Waals surface area contributed by atoms with Gasteiger partial charge in [0.15, 0.2) is 6.10 Å². The van der Waals surface area contributed by atoms with Crippen molar-refractivity contribution in [1.82, 2.24) is 0 Å². The molecule has 0 saturated heterocycles. The Kier molecular flexibility index (Phi) is 33.3. The van der Waals surface area contributed by atoms with E-state index in [0.717, 1.165) is 38.5 Å². The number of phosphoric acid groups is 1. The Morgan fingerprint density at radius 3 is 1.61 bits per heavy atom. The van der Waals surface area contributed by atoms with Crippen LogP contribution in [0.5, 0.6) is 0 Å². The molecule has 2 atom stereocenters. The topological polar surface area (TPSA) is 111 Å². The second kappa shape index (κ2) is 34.3. The number of esters is 2. The van der Waals surface area contributed by atoms with Gasteiger partial charge in [-0.3, -0.25) is 14.2 Å². The van der Waals surface area contributed by atoms with Crippen LogP contribution in [0.1, 0.15) is 174 Å². The van der Waals surface area contributed by atoms with Crippen molar-refractivity contribution in [2.45, 2.75) is 180 Å². The highest BCUT2D eigenvalue weighted by Gasteiger charge is 2.21. The molecule has 0 aliphatic heterocycles. The molecular weight excluding hydrogens is 665 g/mol. The SMILES string of the molecule is CCCCCCCCCCC/C=C/C/C=C/CCCC(=O)O[C@H](COC(=O)CCCCCCCCCCCC)COP(=O)([O-])OCC[N+](C)(C)C. The number of carbonyl (C=O) groups is 2. The van der Waals surface area contributed by atoms with Gasteiger partial charge < -0.3 is 27.9 Å². The van der Waals surface area contributed by atoms with Gasteiger partial charge in [-0.15, -0.1) is 0 Å². The first kappa shape index (κ1) is 49.5. The zero-order valence-corrected chi connectivity index (χ0v) is 34.4. The zero-order chi connectivity index (χ0) is 37.9. The summed E-state index contributed by atoms with van der Waals surface area (Å²) in [7, 11) is 1.14. The minimum absolute atomic E-state index is 0.0365. The van der Waals surface area contributed by atoms with Crippen molar-refractivity contribution in [2.75, 3.05) is 47.5 Å². The zero-order valence-electron chi connectivity index (χ0n) is 33.6. The van der Waals surface area contributed by atoms with Gasteiger partial charge in [-0.2, -0.15) is 0 Å². The molecule has 0 bridgehead atoms. The lowest BCUT2D eigenvalue weighted by Crippen LogP contribution is -2.37. The first-order chi connectivity index (χ1) is 24.5. The van der Waals surface area contributed by atoms with Crippen LogP contribution in [0.3, 0.4) is 0 Å². The van der Waals surface area contributed by atoms with Crippen molar-refractivity contribution in [3.05, 3.63) is 24.3 Å². The molecule has 0 N–H and O–H groups in total. The van der Waals surface area contributed by atoms with Crippen LogP contribution >= 0.6 is 7.82 Å². The molecule has 0 aromatic carbocycles. The third-order valence-electron chi connectivity index (χ3n) is 8.72. The van der Waals surface area contributed by atoms with Crippen molar-refractivity contribution < 1.29 is 42.1 Å². The normalized spacial score (nSPS) is 13.9. The van der Waals surface area contributed by atoms with Gasteiger partial charge in [0.1, 0.15) is 19.8 Å². The molecule has 9 nitrogen and oxygen atoms in total. The van der Waals surface area contributed by atoms with E-state index in [4.69, 9.17) is 18.5 Å². The average Bonchev–Trinajstić information content (AvgIpc) is 3.07. The van der Waals surface area contributed by atoms with Crippen molar-refractivity contribution in [1.29, 1.82) is 0 Å². The standard InChI is InChI=1S/C41H78NO8P/c1-6-8-10-12-14-16-18-19-20-21-22-23-24-26-28-30-32-34-41(44)50-39(38-49-51(45,46)48-36-35-42(3,4)5)37-47-40(43)33-31-29-27-25-17-15-13-11-9-7-2/h22-23,26,28,39H,6-21,24-25,27,29-38H2,1-5H3/b23-22+,28-26+/t39-/m1/s1. The Morgan fingerprint density at radius 1 is 0.608 bits per heavy atom. The van der Waals surface area contributed by atoms with Crippen molar-refractivity contribution in [2.24, 2.45) is 0 Å². The summed E-state index contributed by atoms with van der Waals surface area (Å²) in [5.74, 6) is -0.886. The number of quaternary nitrogens is 1. The molecule has 0 aliphatic rings. The summed E-state index contributed by atoms with van der Waals surface area (Å²) in [6.07, 6.45) is 35.0. The van der Waals surface area contributed by atoms with Crippen LogP contribution in [-0.2, 0) is 32.7 Å². The lowest BCUT2D eigenvalue weighted by Gasteiger charge is -2.28. The van der Waals surface area contributed by atoms with Crippen molar-refractivity contribution in [3.63, 3.8) is 0 Å². The predicted octanol–water partition coefficient (Wildman–Crippen LogP) is 10.6. The summed E-state index contributed by atoms with van der Waals surface area (Å²) >= 11 is 0. The molecule has 10 heteroatoms. The van der Waals surface area contributed by atoms with Crippen molar-refractivity contribution >= 4 is 19.8 Å². The second-order valence-electron chi connectivity index (χ2n) is 15.0. The van der Waals surface area contributed by atoms with E-state index in [-0.39, 0.29) is 26.1 Å². The number of carbonyl (C=O) groups excluding carboxylic acids is 2. The van der Waals surface area contributed by atoms with E-state index in [9.17, 15) is 19.0 Å². The molecule has 0 heterocycles. The molecule has 300 valence electrons. The minimum atomic E-state index is -4.63. The van der Waals surface area contributed by atoms with Crippen LogP contribution in [0.25, 0.3) is 0 Å². The largest absolute Gasteiger partial charge is 0.756 e. The number of rotatable bonds is 37. The molecule has 0 aromatic heterocycles. The number of allylic oxidation sites excluding steroid dienone is 4. The highest BCUT2D eigenvalue weighted by molar-refractivity contribution is 7.45. The molecular formula is C41H78NO8P. The van der Waals surface area contributed by atoms with Crippen LogP contribution in [0.2, 0.25) is 0 Å². The van der Waals surface area contributed by atoms with E-state index < -0.39 is 32.5 Å². The van der Waals surface area contributed by atoms with E-state index >= 15 is 0 Å². The highest BCUT2D eigenvalue weighted by atomic mass is 31.2. The summed E-state index contributed by atoms with van der Waals surface area (Å²) in [5, 5.41) is 0. The van der Waals surface area contributed by atoms with E-state index in [1.54, 1.807) is 0 Å². The van der Waals surface area contributed by atoms with Gasteiger partial charge in [0, 0.05) is 12.8 Å². The summed E-state index contributed by atoms with van der Waals surface area (Å²) in [6, 6.07) is 0. The number of likely N-dealkylation sites (N-methyl/N-ethyl adjacent to an activating group) is 1. The molecule has 0 aliphatic carbocycles. The van der Waals surface area contributed by atoms with Crippen LogP contribution in [0, 0.1) is 0 Å². The third-order valence-corrected chi connectivity index (χ3v) is 9.69. The van der Waals surface area contributed by atoms with Crippen LogP contribution in [0.15, 0.2) is 24.3 Å². The molecule has 0 aromatic rings. The monoisotopic (exact) mass is 744 g/mol. The van der Waals surface area contributed by atoms with Gasteiger partial charge >= 0.3 is 11.9 Å². The number of phosphoric ester groups is 1. The van der Waals surface area contributed by atoms with Gasteiger partial charge in [-0.05, 0) is 38.5 Å². The Hall–Kier alpha value is -1.51. The minimum Gasteiger partial charge on any atom is -0.756 e. The fourth-order valence-electron chi connectivity index (χ4n) is 5.46. The molecule has 0 saturated carbocycles. The maximum Gasteiger partial charge on any atom is 0.306 e. The van der Waals surface area contributed by atoms with Crippen LogP contribution in [0.4, 0.5) is 0 Å². The van der Waals surface area contributed by atoms with E-state index in [0.29, 0.717) is 17.4 Å². The van der Waals surface area contributed by atoms with E-state index in [2.05, 4.69) is 38.2 Å². The van der Waals surface area contributed by atoms with Gasteiger partial charge in [-0.25, -0.2) is 0 Å². The van der Waals surface area contributed by atoms with Crippen molar-refractivity contribution in [3.8, 4) is 0 Å². The Labute approximate surface area is 313 Å². The molecule has 0 spiro atoms. The Bertz CT molecular complexity index is 933. The molecule has 0 fully saturated rings. The van der Waals surface area contributed by atoms with Gasteiger partial charge in [-0.1, -0.05) is 147 Å². The van der Waals surface area contributed by atoms with E-state index in [1.165, 1.54) is 103 Å². The number of hydrogen-bond acceptors (Lipinski definition) is 8. The first-order valence-electron chi connectivity index (χ1n) is 20.5. The molecule has 1 unspecified atom stereocenters. The van der Waals surface area contributed by atoms with Gasteiger partial charge in [0.05, 0.1) is 27.7 Å². The summed E-state index contributed by atoms with van der Waals surface area (Å²) in [5.41, 5.74) is 0. The van der Waals surface area contributed by atoms with Crippen LogP contribution in [-0.4, -0.2) is 70.0 Å². The van der Waals surface area contributed by atoms with E-state index in [1.807, 2.05) is 21.1 Å². The van der Waals surface area contributed by atoms with Crippen LogP contribution < -0.4 is 4.89 Å². The fraction of sp³-hybridized carbons (Fsp3) is 0.854. The average molecular weight is 744 g/mol. The predicted molar refractivity (Wildman–Crippen MR) is 208 cm³/mol. The first-order valence-corrected chi connectivity index (χ1v) is 22.0. The molecule has 0 radical (unpaired) electrons. The molecule has 0 rings (SSSR count).